The van der Waals surface area contributed by atoms with Crippen molar-refractivity contribution in [3.8, 4) is 0 Å². The quantitative estimate of drug-likeness (QED) is 0.769. The van der Waals surface area contributed by atoms with Gasteiger partial charge >= 0.3 is 0 Å². The maximum absolute atomic E-state index is 3.44. The number of unbranched alkanes of at least 4 members (excludes halogenated alkanes) is 1. The third kappa shape index (κ3) is 4.77. The highest BCUT2D eigenvalue weighted by Crippen LogP contribution is 2.12. The lowest BCUT2D eigenvalue weighted by Crippen LogP contribution is -2.13. The molecule has 1 nitrogen and oxygen atoms in total. The van der Waals surface area contributed by atoms with E-state index in [2.05, 4.69) is 52.4 Å². The van der Waals surface area contributed by atoms with Crippen LogP contribution in [0.5, 0.6) is 0 Å². The normalized spacial score (nSPS) is 10.4. The summed E-state index contributed by atoms with van der Waals surface area (Å²) < 4.78 is 1.16. The number of rotatable bonds is 6. The van der Waals surface area contributed by atoms with Gasteiger partial charge in [0, 0.05) is 4.47 Å². The Balaban J connectivity index is 2.15. The Morgan fingerprint density at radius 1 is 1.14 bits per heavy atom. The van der Waals surface area contributed by atoms with Crippen LogP contribution in [0, 0.1) is 0 Å². The molecule has 0 radical (unpaired) electrons. The summed E-state index contributed by atoms with van der Waals surface area (Å²) in [5.74, 6) is 0. The molecular weight excluding hydrogens is 238 g/mol. The van der Waals surface area contributed by atoms with Crippen LogP contribution in [0.1, 0.15) is 25.3 Å². The highest BCUT2D eigenvalue weighted by Gasteiger charge is 1.93. The minimum absolute atomic E-state index is 1.08. The molecular formula is C12H18BrN. The Labute approximate surface area is 95.0 Å². The predicted molar refractivity (Wildman–Crippen MR) is 65.6 cm³/mol. The van der Waals surface area contributed by atoms with Gasteiger partial charge in [-0.05, 0) is 50.0 Å². The van der Waals surface area contributed by atoms with Crippen molar-refractivity contribution in [2.45, 2.75) is 26.2 Å². The number of halogens is 1. The number of hydrogen-bond donors (Lipinski definition) is 1. The molecule has 1 aromatic carbocycles. The molecule has 0 aliphatic carbocycles. The molecule has 78 valence electrons. The van der Waals surface area contributed by atoms with Crippen LogP contribution in [0.3, 0.4) is 0 Å². The molecule has 0 aliphatic heterocycles. The molecule has 0 saturated heterocycles. The number of benzene rings is 1. The Morgan fingerprint density at radius 3 is 2.50 bits per heavy atom. The first kappa shape index (κ1) is 11.7. The standard InChI is InChI=1S/C12H18BrN/c1-2-14-10-4-3-5-11-6-8-12(13)9-7-11/h6-9,14H,2-5,10H2,1H3. The van der Waals surface area contributed by atoms with Crippen LogP contribution >= 0.6 is 15.9 Å². The Hall–Kier alpha value is -0.340. The van der Waals surface area contributed by atoms with Crippen LogP contribution in [0.2, 0.25) is 0 Å². The van der Waals surface area contributed by atoms with Gasteiger partial charge in [-0.15, -0.1) is 0 Å². The maximum Gasteiger partial charge on any atom is 0.0175 e. The predicted octanol–water partition coefficient (Wildman–Crippen LogP) is 3.38. The largest absolute Gasteiger partial charge is 0.317 e. The van der Waals surface area contributed by atoms with E-state index >= 15 is 0 Å². The molecule has 14 heavy (non-hydrogen) atoms. The summed E-state index contributed by atoms with van der Waals surface area (Å²) >= 11 is 3.44. The van der Waals surface area contributed by atoms with Crippen LogP contribution in [-0.2, 0) is 6.42 Å². The van der Waals surface area contributed by atoms with Crippen molar-refractivity contribution in [1.82, 2.24) is 5.32 Å². The number of hydrogen-bond acceptors (Lipinski definition) is 1. The highest BCUT2D eigenvalue weighted by atomic mass is 79.9. The van der Waals surface area contributed by atoms with Gasteiger partial charge in [0.1, 0.15) is 0 Å². The Bertz CT molecular complexity index is 243. The van der Waals surface area contributed by atoms with Crippen LogP contribution in [0.4, 0.5) is 0 Å². The van der Waals surface area contributed by atoms with Gasteiger partial charge in [0.2, 0.25) is 0 Å². The van der Waals surface area contributed by atoms with Gasteiger partial charge in [0.15, 0.2) is 0 Å². The molecule has 0 heterocycles. The lowest BCUT2D eigenvalue weighted by Gasteiger charge is -2.02. The fourth-order valence-corrected chi connectivity index (χ4v) is 1.67. The molecule has 0 aromatic heterocycles. The summed E-state index contributed by atoms with van der Waals surface area (Å²) in [5.41, 5.74) is 1.43. The molecule has 1 aromatic rings. The molecule has 0 atom stereocenters. The number of nitrogens with one attached hydrogen (secondary N) is 1. The lowest BCUT2D eigenvalue weighted by atomic mass is 10.1. The molecule has 1 N–H and O–H groups in total. The third-order valence-electron chi connectivity index (χ3n) is 2.23. The molecule has 0 fully saturated rings. The van der Waals surface area contributed by atoms with E-state index in [9.17, 15) is 0 Å². The van der Waals surface area contributed by atoms with Crippen molar-refractivity contribution in [3.63, 3.8) is 0 Å². The average molecular weight is 256 g/mol. The SMILES string of the molecule is CCNCCCCc1ccc(Br)cc1. The summed E-state index contributed by atoms with van der Waals surface area (Å²) in [4.78, 5) is 0. The molecule has 0 bridgehead atoms. The first-order chi connectivity index (χ1) is 6.83. The Kier molecular flexibility index (Phi) is 5.88. The Morgan fingerprint density at radius 2 is 1.86 bits per heavy atom. The summed E-state index contributed by atoms with van der Waals surface area (Å²) in [5, 5.41) is 3.34. The zero-order chi connectivity index (χ0) is 10.2. The maximum atomic E-state index is 3.44. The van der Waals surface area contributed by atoms with Crippen LogP contribution in [0.25, 0.3) is 0 Å². The summed E-state index contributed by atoms with van der Waals surface area (Å²) in [6.07, 6.45) is 3.73. The minimum atomic E-state index is 1.08. The molecule has 0 unspecified atom stereocenters. The van der Waals surface area contributed by atoms with E-state index in [1.165, 1.54) is 24.8 Å². The van der Waals surface area contributed by atoms with E-state index in [1.807, 2.05) is 0 Å². The third-order valence-corrected chi connectivity index (χ3v) is 2.76. The minimum Gasteiger partial charge on any atom is -0.317 e. The van der Waals surface area contributed by atoms with E-state index in [1.54, 1.807) is 0 Å². The zero-order valence-corrected chi connectivity index (χ0v) is 10.3. The van der Waals surface area contributed by atoms with Gasteiger partial charge in [0.05, 0.1) is 0 Å². The van der Waals surface area contributed by atoms with Crippen molar-refractivity contribution < 1.29 is 0 Å². The zero-order valence-electron chi connectivity index (χ0n) is 8.72. The van der Waals surface area contributed by atoms with Crippen LogP contribution in [-0.4, -0.2) is 13.1 Å². The lowest BCUT2D eigenvalue weighted by molar-refractivity contribution is 0.641. The summed E-state index contributed by atoms with van der Waals surface area (Å²) in [6.45, 7) is 4.38. The second-order valence-corrected chi connectivity index (χ2v) is 4.35. The fourth-order valence-electron chi connectivity index (χ4n) is 1.41. The van der Waals surface area contributed by atoms with Crippen molar-refractivity contribution in [1.29, 1.82) is 0 Å². The fraction of sp³-hybridized carbons (Fsp3) is 0.500. The van der Waals surface area contributed by atoms with E-state index < -0.39 is 0 Å². The molecule has 1 rings (SSSR count). The van der Waals surface area contributed by atoms with Crippen molar-refractivity contribution in [3.05, 3.63) is 34.3 Å². The molecule has 0 spiro atoms. The molecule has 0 amide bonds. The van der Waals surface area contributed by atoms with Gasteiger partial charge in [0.25, 0.3) is 0 Å². The monoisotopic (exact) mass is 255 g/mol. The smallest absolute Gasteiger partial charge is 0.0175 e. The van der Waals surface area contributed by atoms with Crippen molar-refractivity contribution in [2.24, 2.45) is 0 Å². The van der Waals surface area contributed by atoms with Crippen molar-refractivity contribution in [2.75, 3.05) is 13.1 Å². The first-order valence-electron chi connectivity index (χ1n) is 5.28. The van der Waals surface area contributed by atoms with Gasteiger partial charge in [-0.25, -0.2) is 0 Å². The number of aryl methyl sites for hydroxylation is 1. The second-order valence-electron chi connectivity index (χ2n) is 3.44. The summed E-state index contributed by atoms with van der Waals surface area (Å²) in [6, 6.07) is 8.61. The first-order valence-corrected chi connectivity index (χ1v) is 6.07. The molecule has 0 saturated carbocycles. The van der Waals surface area contributed by atoms with E-state index in [0.29, 0.717) is 0 Å². The van der Waals surface area contributed by atoms with E-state index in [4.69, 9.17) is 0 Å². The molecule has 2 heteroatoms. The highest BCUT2D eigenvalue weighted by molar-refractivity contribution is 9.10. The topological polar surface area (TPSA) is 12.0 Å². The van der Waals surface area contributed by atoms with Gasteiger partial charge in [-0.2, -0.15) is 0 Å². The van der Waals surface area contributed by atoms with E-state index in [0.717, 1.165) is 17.6 Å². The van der Waals surface area contributed by atoms with Gasteiger partial charge in [-0.3, -0.25) is 0 Å². The van der Waals surface area contributed by atoms with Crippen LogP contribution in [0.15, 0.2) is 28.7 Å². The van der Waals surface area contributed by atoms with Gasteiger partial charge in [-0.1, -0.05) is 35.0 Å². The van der Waals surface area contributed by atoms with Crippen LogP contribution < -0.4 is 5.32 Å². The second kappa shape index (κ2) is 7.02. The van der Waals surface area contributed by atoms with E-state index in [-0.39, 0.29) is 0 Å². The van der Waals surface area contributed by atoms with Gasteiger partial charge < -0.3 is 5.32 Å². The molecule has 0 aliphatic rings. The van der Waals surface area contributed by atoms with Crippen molar-refractivity contribution >= 4 is 15.9 Å². The summed E-state index contributed by atoms with van der Waals surface area (Å²) in [7, 11) is 0. The average Bonchev–Trinajstić information content (AvgIpc) is 2.21.